The Morgan fingerprint density at radius 1 is 1.38 bits per heavy atom. The Morgan fingerprint density at radius 2 is 2.12 bits per heavy atom. The molecule has 0 N–H and O–H groups in total. The van der Waals surface area contributed by atoms with Crippen molar-refractivity contribution in [2.45, 2.75) is 13.8 Å². The fourth-order valence-corrected chi connectivity index (χ4v) is 2.01. The van der Waals surface area contributed by atoms with Crippen molar-refractivity contribution in [2.75, 3.05) is 0 Å². The zero-order valence-corrected chi connectivity index (χ0v) is 9.77. The Bertz CT molecular complexity index is 548. The molecule has 0 fully saturated rings. The van der Waals surface area contributed by atoms with Crippen LogP contribution >= 0.6 is 11.3 Å². The average Bonchev–Trinajstić information content (AvgIpc) is 2.67. The minimum absolute atomic E-state index is 0.0882. The molecule has 0 radical (unpaired) electrons. The Morgan fingerprint density at radius 3 is 2.75 bits per heavy atom. The summed E-state index contributed by atoms with van der Waals surface area (Å²) in [4.78, 5) is 16.0. The van der Waals surface area contributed by atoms with Gasteiger partial charge in [0.25, 0.3) is 0 Å². The van der Waals surface area contributed by atoms with Gasteiger partial charge in [0.1, 0.15) is 11.5 Å². The van der Waals surface area contributed by atoms with E-state index in [0.717, 1.165) is 10.6 Å². The highest BCUT2D eigenvalue weighted by molar-refractivity contribution is 7.09. The monoisotopic (exact) mass is 235 g/mol. The molecular weight excluding hydrogens is 225 g/mol. The number of halogens is 1. The minimum Gasteiger partial charge on any atom is -0.287 e. The molecule has 2 nitrogen and oxygen atoms in total. The first-order valence-corrected chi connectivity index (χ1v) is 5.69. The summed E-state index contributed by atoms with van der Waals surface area (Å²) in [6.07, 6.45) is 0. The molecule has 16 heavy (non-hydrogen) atoms. The lowest BCUT2D eigenvalue weighted by atomic mass is 10.1. The van der Waals surface area contributed by atoms with Gasteiger partial charge in [-0.15, -0.1) is 11.3 Å². The van der Waals surface area contributed by atoms with Crippen LogP contribution in [-0.2, 0) is 0 Å². The van der Waals surface area contributed by atoms with Crippen LogP contribution in [0.25, 0.3) is 0 Å². The molecule has 0 aliphatic rings. The van der Waals surface area contributed by atoms with E-state index in [9.17, 15) is 9.18 Å². The Hall–Kier alpha value is -1.55. The largest absolute Gasteiger partial charge is 0.287 e. The van der Waals surface area contributed by atoms with E-state index in [1.807, 2.05) is 13.8 Å². The Labute approximate surface area is 96.8 Å². The van der Waals surface area contributed by atoms with Crippen molar-refractivity contribution in [2.24, 2.45) is 0 Å². The van der Waals surface area contributed by atoms with Crippen LogP contribution in [0.1, 0.15) is 26.6 Å². The molecule has 82 valence electrons. The molecule has 0 aliphatic carbocycles. The minimum atomic E-state index is -0.499. The van der Waals surface area contributed by atoms with Crippen molar-refractivity contribution >= 4 is 17.1 Å². The van der Waals surface area contributed by atoms with Crippen LogP contribution < -0.4 is 0 Å². The van der Waals surface area contributed by atoms with Crippen LogP contribution in [0.5, 0.6) is 0 Å². The molecule has 2 aromatic rings. The predicted molar refractivity (Wildman–Crippen MR) is 61.4 cm³/mol. The third-order valence-electron chi connectivity index (χ3n) is 2.22. The summed E-state index contributed by atoms with van der Waals surface area (Å²) in [5.41, 5.74) is 1.26. The number of hydrogen-bond acceptors (Lipinski definition) is 3. The summed E-state index contributed by atoms with van der Waals surface area (Å²) in [5.74, 6) is -0.855. The molecular formula is C12H10FNOS. The lowest BCUT2D eigenvalue weighted by molar-refractivity contribution is 0.103. The highest BCUT2D eigenvalue weighted by Gasteiger charge is 2.16. The fourth-order valence-electron chi connectivity index (χ4n) is 1.42. The normalized spacial score (nSPS) is 10.4. The third-order valence-corrected chi connectivity index (χ3v) is 2.99. The van der Waals surface area contributed by atoms with E-state index < -0.39 is 5.82 Å². The maximum absolute atomic E-state index is 13.5. The van der Waals surface area contributed by atoms with E-state index in [1.165, 1.54) is 17.4 Å². The molecule has 0 unspecified atom stereocenters. The lowest BCUT2D eigenvalue weighted by Gasteiger charge is -2.01. The molecule has 1 aromatic carbocycles. The Balaban J connectivity index is 2.45. The van der Waals surface area contributed by atoms with Gasteiger partial charge in [0.15, 0.2) is 0 Å². The zero-order valence-electron chi connectivity index (χ0n) is 8.95. The van der Waals surface area contributed by atoms with Crippen molar-refractivity contribution in [1.82, 2.24) is 4.98 Å². The van der Waals surface area contributed by atoms with Gasteiger partial charge >= 0.3 is 0 Å². The van der Waals surface area contributed by atoms with Gasteiger partial charge in [-0.05, 0) is 26.0 Å². The first-order chi connectivity index (χ1) is 7.58. The molecule has 0 bridgehead atoms. The maximum atomic E-state index is 13.5. The smallest absolute Gasteiger partial charge is 0.215 e. The first-order valence-electron chi connectivity index (χ1n) is 4.81. The Kier molecular flexibility index (Phi) is 2.83. The van der Waals surface area contributed by atoms with Gasteiger partial charge in [0.05, 0.1) is 10.6 Å². The second-order valence-electron chi connectivity index (χ2n) is 3.56. The number of carbonyl (C=O) groups is 1. The van der Waals surface area contributed by atoms with Crippen molar-refractivity contribution in [3.63, 3.8) is 0 Å². The van der Waals surface area contributed by atoms with Crippen LogP contribution in [0, 0.1) is 19.7 Å². The SMILES string of the molecule is Cc1ccc(F)c(C(=O)c2csc(C)n2)c1. The van der Waals surface area contributed by atoms with E-state index in [4.69, 9.17) is 0 Å². The standard InChI is InChI=1S/C12H10FNOS/c1-7-3-4-10(13)9(5-7)12(15)11-6-16-8(2)14-11/h3-6H,1-2H3. The van der Waals surface area contributed by atoms with Gasteiger partial charge in [0.2, 0.25) is 5.78 Å². The van der Waals surface area contributed by atoms with Crippen molar-refractivity contribution in [1.29, 1.82) is 0 Å². The average molecular weight is 235 g/mol. The number of rotatable bonds is 2. The van der Waals surface area contributed by atoms with E-state index in [2.05, 4.69) is 4.98 Å². The molecule has 0 saturated heterocycles. The van der Waals surface area contributed by atoms with Gasteiger partial charge in [-0.3, -0.25) is 4.79 Å². The number of aryl methyl sites for hydroxylation is 2. The van der Waals surface area contributed by atoms with Crippen LogP contribution in [0.4, 0.5) is 4.39 Å². The summed E-state index contributed by atoms with van der Waals surface area (Å²) in [7, 11) is 0. The van der Waals surface area contributed by atoms with E-state index in [1.54, 1.807) is 17.5 Å². The molecule has 2 rings (SSSR count). The highest BCUT2D eigenvalue weighted by Crippen LogP contribution is 2.17. The summed E-state index contributed by atoms with van der Waals surface area (Å²) >= 11 is 1.38. The summed E-state index contributed by atoms with van der Waals surface area (Å²) in [6.45, 7) is 3.64. The quantitative estimate of drug-likeness (QED) is 0.748. The molecule has 1 heterocycles. The van der Waals surface area contributed by atoms with E-state index >= 15 is 0 Å². The lowest BCUT2D eigenvalue weighted by Crippen LogP contribution is -2.05. The van der Waals surface area contributed by atoms with Crippen molar-refractivity contribution < 1.29 is 9.18 Å². The molecule has 4 heteroatoms. The van der Waals surface area contributed by atoms with Crippen LogP contribution in [0.2, 0.25) is 0 Å². The summed E-state index contributed by atoms with van der Waals surface area (Å²) < 4.78 is 13.5. The van der Waals surface area contributed by atoms with Gasteiger partial charge < -0.3 is 0 Å². The van der Waals surface area contributed by atoms with Crippen LogP contribution in [0.3, 0.4) is 0 Å². The van der Waals surface area contributed by atoms with Gasteiger partial charge in [-0.2, -0.15) is 0 Å². The number of benzene rings is 1. The molecule has 0 amide bonds. The van der Waals surface area contributed by atoms with Crippen LogP contribution in [0.15, 0.2) is 23.6 Å². The van der Waals surface area contributed by atoms with Gasteiger partial charge in [-0.25, -0.2) is 9.37 Å². The molecule has 0 saturated carbocycles. The van der Waals surface area contributed by atoms with Crippen LogP contribution in [-0.4, -0.2) is 10.8 Å². The second kappa shape index (κ2) is 4.14. The summed E-state index contributed by atoms with van der Waals surface area (Å²) in [6, 6.07) is 4.49. The summed E-state index contributed by atoms with van der Waals surface area (Å²) in [5, 5.41) is 2.45. The predicted octanol–water partition coefficient (Wildman–Crippen LogP) is 3.13. The maximum Gasteiger partial charge on any atom is 0.215 e. The van der Waals surface area contributed by atoms with E-state index in [-0.39, 0.29) is 11.3 Å². The molecule has 0 spiro atoms. The number of carbonyl (C=O) groups excluding carboxylic acids is 1. The number of thiazole rings is 1. The van der Waals surface area contributed by atoms with Gasteiger partial charge in [-0.1, -0.05) is 11.6 Å². The highest BCUT2D eigenvalue weighted by atomic mass is 32.1. The topological polar surface area (TPSA) is 30.0 Å². The second-order valence-corrected chi connectivity index (χ2v) is 4.63. The number of nitrogens with zero attached hydrogens (tertiary/aromatic N) is 1. The third kappa shape index (κ3) is 2.02. The molecule has 0 atom stereocenters. The molecule has 0 aliphatic heterocycles. The number of aromatic nitrogens is 1. The zero-order chi connectivity index (χ0) is 11.7. The fraction of sp³-hybridized carbons (Fsp3) is 0.167. The van der Waals surface area contributed by atoms with Crippen molar-refractivity contribution in [3.8, 4) is 0 Å². The number of hydrogen-bond donors (Lipinski definition) is 0. The molecule has 1 aromatic heterocycles. The van der Waals surface area contributed by atoms with Gasteiger partial charge in [0, 0.05) is 5.38 Å². The van der Waals surface area contributed by atoms with Crippen molar-refractivity contribution in [3.05, 3.63) is 51.2 Å². The number of ketones is 1. The first kappa shape index (κ1) is 11.0. The van der Waals surface area contributed by atoms with E-state index in [0.29, 0.717) is 5.69 Å².